The third kappa shape index (κ3) is 4.15. The van der Waals surface area contributed by atoms with Crippen LogP contribution in [0.5, 0.6) is 11.5 Å². The molecule has 5 nitrogen and oxygen atoms in total. The largest absolute Gasteiger partial charge is 0.453 e. The Labute approximate surface area is 293 Å². The molecule has 0 unspecified atom stereocenters. The van der Waals surface area contributed by atoms with Crippen LogP contribution in [0.25, 0.3) is 88.4 Å². The standard InChI is InChI=1S/C46H28N4O/c1-3-12-38-36(10-1)44-41(28-43-46-45(44)37-11-2-4-13-39(37)50(46)40-14-5-6-15-42(40)51-43)49(38)35-9-7-8-31(27-35)34-25-32(29-16-20-47-21-17-29)24-33(26-34)30-18-22-48-23-19-30/h1-28H. The average molecular weight is 653 g/mol. The summed E-state index contributed by atoms with van der Waals surface area (Å²) in [7, 11) is 0. The average Bonchev–Trinajstić information content (AvgIpc) is 3.72. The second-order valence-corrected chi connectivity index (χ2v) is 13.1. The Hall–Kier alpha value is -6.98. The van der Waals surface area contributed by atoms with Gasteiger partial charge in [-0.2, -0.15) is 0 Å². The Balaban J connectivity index is 1.18. The highest BCUT2D eigenvalue weighted by Crippen LogP contribution is 2.50. The summed E-state index contributed by atoms with van der Waals surface area (Å²) in [4.78, 5) is 8.53. The van der Waals surface area contributed by atoms with Gasteiger partial charge in [-0.3, -0.25) is 9.97 Å². The van der Waals surface area contributed by atoms with E-state index >= 15 is 0 Å². The summed E-state index contributed by atoms with van der Waals surface area (Å²) in [5.74, 6) is 1.72. The molecule has 0 N–H and O–H groups in total. The van der Waals surface area contributed by atoms with Gasteiger partial charge in [0.2, 0.25) is 0 Å². The topological polar surface area (TPSA) is 44.9 Å². The maximum absolute atomic E-state index is 6.73. The molecule has 0 saturated carbocycles. The third-order valence-electron chi connectivity index (χ3n) is 10.3. The van der Waals surface area contributed by atoms with Crippen molar-refractivity contribution >= 4 is 43.6 Å². The van der Waals surface area contributed by atoms with Gasteiger partial charge >= 0.3 is 0 Å². The van der Waals surface area contributed by atoms with E-state index in [0.29, 0.717) is 0 Å². The maximum Gasteiger partial charge on any atom is 0.154 e. The van der Waals surface area contributed by atoms with Gasteiger partial charge in [-0.1, -0.05) is 60.7 Å². The van der Waals surface area contributed by atoms with Crippen LogP contribution in [0.4, 0.5) is 0 Å². The first kappa shape index (κ1) is 27.9. The summed E-state index contributed by atoms with van der Waals surface area (Å²) < 4.78 is 11.5. The van der Waals surface area contributed by atoms with Gasteiger partial charge in [0.05, 0.1) is 27.8 Å². The molecule has 11 rings (SSSR count). The molecular weight excluding hydrogens is 625 g/mol. The number of para-hydroxylation sites is 4. The van der Waals surface area contributed by atoms with Gasteiger partial charge in [-0.15, -0.1) is 0 Å². The Morgan fingerprint density at radius 1 is 0.392 bits per heavy atom. The van der Waals surface area contributed by atoms with E-state index in [1.807, 2.05) is 30.9 Å². The van der Waals surface area contributed by atoms with Gasteiger partial charge in [-0.05, 0) is 112 Å². The van der Waals surface area contributed by atoms with Crippen molar-refractivity contribution in [1.29, 1.82) is 0 Å². The fraction of sp³-hybridized carbons (Fsp3) is 0. The molecular formula is C46H28N4O. The first-order chi connectivity index (χ1) is 25.3. The highest BCUT2D eigenvalue weighted by molar-refractivity contribution is 6.30. The Kier molecular flexibility index (Phi) is 5.89. The molecule has 0 fully saturated rings. The molecule has 238 valence electrons. The number of hydrogen-bond donors (Lipinski definition) is 0. The van der Waals surface area contributed by atoms with Crippen molar-refractivity contribution in [2.75, 3.05) is 0 Å². The van der Waals surface area contributed by atoms with Crippen molar-refractivity contribution in [3.8, 4) is 56.3 Å². The number of nitrogens with zero attached hydrogens (tertiary/aromatic N) is 4. The van der Waals surface area contributed by atoms with Crippen LogP contribution in [0.15, 0.2) is 170 Å². The summed E-state index contributed by atoms with van der Waals surface area (Å²) in [5, 5.41) is 4.87. The molecule has 6 aromatic carbocycles. The second-order valence-electron chi connectivity index (χ2n) is 13.1. The van der Waals surface area contributed by atoms with Crippen molar-refractivity contribution in [2.24, 2.45) is 0 Å². The number of aromatic nitrogens is 4. The van der Waals surface area contributed by atoms with Crippen LogP contribution in [-0.2, 0) is 0 Å². The normalized spacial score (nSPS) is 12.1. The number of ether oxygens (including phenoxy) is 1. The van der Waals surface area contributed by atoms with Crippen molar-refractivity contribution in [2.45, 2.75) is 0 Å². The highest BCUT2D eigenvalue weighted by atomic mass is 16.5. The summed E-state index contributed by atoms with van der Waals surface area (Å²) in [6.07, 6.45) is 7.39. The lowest BCUT2D eigenvalue weighted by atomic mass is 9.94. The van der Waals surface area contributed by atoms with E-state index in [2.05, 4.69) is 159 Å². The molecule has 10 aromatic rings. The number of rotatable bonds is 4. The van der Waals surface area contributed by atoms with Gasteiger partial charge in [0.25, 0.3) is 0 Å². The molecule has 5 heteroatoms. The van der Waals surface area contributed by atoms with Crippen LogP contribution in [0.2, 0.25) is 0 Å². The molecule has 0 spiro atoms. The number of benzene rings is 6. The first-order valence-electron chi connectivity index (χ1n) is 17.1. The molecule has 5 heterocycles. The van der Waals surface area contributed by atoms with Gasteiger partial charge in [0.15, 0.2) is 11.5 Å². The Morgan fingerprint density at radius 3 is 1.69 bits per heavy atom. The van der Waals surface area contributed by atoms with E-state index in [1.54, 1.807) is 0 Å². The quantitative estimate of drug-likeness (QED) is 0.190. The van der Waals surface area contributed by atoms with Crippen molar-refractivity contribution in [1.82, 2.24) is 19.1 Å². The molecule has 1 aliphatic rings. The van der Waals surface area contributed by atoms with Gasteiger partial charge in [0, 0.05) is 58.1 Å². The van der Waals surface area contributed by atoms with Crippen molar-refractivity contribution < 1.29 is 4.74 Å². The maximum atomic E-state index is 6.73. The van der Waals surface area contributed by atoms with Crippen molar-refractivity contribution in [3.63, 3.8) is 0 Å². The van der Waals surface area contributed by atoms with E-state index in [-0.39, 0.29) is 0 Å². The summed E-state index contributed by atoms with van der Waals surface area (Å²) >= 11 is 0. The molecule has 51 heavy (non-hydrogen) atoms. The lowest BCUT2D eigenvalue weighted by Crippen LogP contribution is -2.04. The summed E-state index contributed by atoms with van der Waals surface area (Å²) in [6.45, 7) is 0. The van der Waals surface area contributed by atoms with E-state index in [4.69, 9.17) is 4.74 Å². The van der Waals surface area contributed by atoms with Crippen LogP contribution in [-0.4, -0.2) is 19.1 Å². The van der Waals surface area contributed by atoms with Gasteiger partial charge < -0.3 is 13.9 Å². The molecule has 0 aliphatic carbocycles. The Bertz CT molecular complexity index is 2940. The van der Waals surface area contributed by atoms with E-state index in [9.17, 15) is 0 Å². The van der Waals surface area contributed by atoms with Gasteiger partial charge in [-0.25, -0.2) is 0 Å². The predicted octanol–water partition coefficient (Wildman–Crippen LogP) is 11.8. The highest BCUT2D eigenvalue weighted by Gasteiger charge is 2.28. The molecule has 0 radical (unpaired) electrons. The molecule has 1 aliphatic heterocycles. The van der Waals surface area contributed by atoms with E-state index in [1.165, 1.54) is 27.1 Å². The summed E-state index contributed by atoms with van der Waals surface area (Å²) in [6, 6.07) is 52.0. The monoisotopic (exact) mass is 652 g/mol. The molecule has 0 atom stereocenters. The number of hydrogen-bond acceptors (Lipinski definition) is 3. The number of pyridine rings is 2. The predicted molar refractivity (Wildman–Crippen MR) is 207 cm³/mol. The van der Waals surface area contributed by atoms with Crippen LogP contribution in [0.1, 0.15) is 0 Å². The third-order valence-corrected chi connectivity index (χ3v) is 10.3. The zero-order chi connectivity index (χ0) is 33.5. The van der Waals surface area contributed by atoms with Crippen molar-refractivity contribution in [3.05, 3.63) is 170 Å². The minimum atomic E-state index is 0.857. The smallest absolute Gasteiger partial charge is 0.154 e. The molecule has 0 amide bonds. The van der Waals surface area contributed by atoms with Crippen LogP contribution in [0.3, 0.4) is 0 Å². The van der Waals surface area contributed by atoms with E-state index < -0.39 is 0 Å². The fourth-order valence-corrected chi connectivity index (χ4v) is 8.07. The minimum absolute atomic E-state index is 0.857. The number of fused-ring (bicyclic) bond motifs is 9. The minimum Gasteiger partial charge on any atom is -0.453 e. The lowest BCUT2D eigenvalue weighted by Gasteiger charge is -2.21. The zero-order valence-electron chi connectivity index (χ0n) is 27.4. The first-order valence-corrected chi connectivity index (χ1v) is 17.1. The molecule has 0 saturated heterocycles. The van der Waals surface area contributed by atoms with Gasteiger partial charge in [0.1, 0.15) is 0 Å². The van der Waals surface area contributed by atoms with Crippen LogP contribution >= 0.6 is 0 Å². The van der Waals surface area contributed by atoms with Crippen LogP contribution < -0.4 is 4.74 Å². The van der Waals surface area contributed by atoms with E-state index in [0.717, 1.165) is 72.8 Å². The van der Waals surface area contributed by atoms with Crippen LogP contribution in [0, 0.1) is 0 Å². The second kappa shape index (κ2) is 10.8. The molecule has 0 bridgehead atoms. The molecule has 4 aromatic heterocycles. The fourth-order valence-electron chi connectivity index (χ4n) is 8.07. The Morgan fingerprint density at radius 2 is 0.980 bits per heavy atom. The zero-order valence-corrected chi connectivity index (χ0v) is 27.4. The SMILES string of the molecule is c1cc(-c2cc(-c3ccncc3)cc(-c3ccncc3)c2)cc(-n2c3ccccc3c3c4c5ccccc5n5c4c(cc32)Oc2ccccc2-5)c1. The summed E-state index contributed by atoms with van der Waals surface area (Å²) in [5.41, 5.74) is 13.5. The lowest BCUT2D eigenvalue weighted by molar-refractivity contribution is 0.477.